The van der Waals surface area contributed by atoms with Gasteiger partial charge < -0.3 is 24.4 Å². The van der Waals surface area contributed by atoms with Crippen LogP contribution in [0.4, 0.5) is 0 Å². The Hall–Kier alpha value is -2.79. The molecule has 6 rings (SSSR count). The highest BCUT2D eigenvalue weighted by Gasteiger charge is 2.69. The van der Waals surface area contributed by atoms with Crippen LogP contribution in [0.1, 0.15) is 29.2 Å². The lowest BCUT2D eigenvalue weighted by Crippen LogP contribution is -2.42. The first-order valence-electron chi connectivity index (χ1n) is 11.5. The lowest BCUT2D eigenvalue weighted by Gasteiger charge is -2.43. The van der Waals surface area contributed by atoms with Gasteiger partial charge in [0, 0.05) is 35.0 Å². The fraction of sp³-hybridized carbons (Fsp3) is 0.500. The average Bonchev–Trinajstić information content (AvgIpc) is 3.56. The zero-order chi connectivity index (χ0) is 24.6. The highest BCUT2D eigenvalue weighted by atomic mass is 32.2. The molecule has 1 aromatic heterocycles. The number of carboxylic acid groups (broad SMARTS) is 1. The van der Waals surface area contributed by atoms with Crippen LogP contribution in [0, 0.1) is 29.6 Å². The number of aromatic nitrogens is 1. The number of imide groups is 1. The molecule has 7 unspecified atom stereocenters. The number of likely N-dealkylation sites (tertiary alicyclic amines) is 1. The number of benzene rings is 1. The van der Waals surface area contributed by atoms with E-state index in [1.807, 2.05) is 18.2 Å². The van der Waals surface area contributed by atoms with Gasteiger partial charge >= 0.3 is 4.87 Å². The number of thioether (sulfide) groups is 1. The number of fused-ring (bicyclic) bond motifs is 9. The van der Waals surface area contributed by atoms with Gasteiger partial charge in [0.1, 0.15) is 0 Å². The quantitative estimate of drug-likeness (QED) is 0.566. The summed E-state index contributed by atoms with van der Waals surface area (Å²) in [4.78, 5) is 54.8. The fourth-order valence-corrected chi connectivity index (χ4v) is 9.81. The molecule has 2 amide bonds. The molecule has 35 heavy (non-hydrogen) atoms. The summed E-state index contributed by atoms with van der Waals surface area (Å²) < 4.78 is 10.9. The Morgan fingerprint density at radius 2 is 1.83 bits per heavy atom. The maximum atomic E-state index is 13.3. The van der Waals surface area contributed by atoms with Gasteiger partial charge in [0.25, 0.3) is 0 Å². The smallest absolute Gasteiger partial charge is 0.305 e. The number of carbonyl (C=O) groups is 3. The minimum Gasteiger partial charge on any atom is -0.550 e. The number of aliphatic carboxylic acids is 1. The Balaban J connectivity index is 1.42. The Labute approximate surface area is 208 Å². The molecule has 0 radical (unpaired) electrons. The number of hydrogen-bond acceptors (Lipinski definition) is 9. The first-order chi connectivity index (χ1) is 16.8. The number of methoxy groups -OCH3 is 2. The van der Waals surface area contributed by atoms with Crippen molar-refractivity contribution in [3.8, 4) is 11.5 Å². The van der Waals surface area contributed by atoms with Crippen molar-refractivity contribution in [2.45, 2.75) is 29.0 Å². The summed E-state index contributed by atoms with van der Waals surface area (Å²) in [5, 5.41) is 11.9. The molecule has 2 bridgehead atoms. The van der Waals surface area contributed by atoms with Gasteiger partial charge in [0.15, 0.2) is 11.5 Å². The molecular weight excluding hydrogens is 492 g/mol. The molecule has 0 spiro atoms. The summed E-state index contributed by atoms with van der Waals surface area (Å²) in [6.45, 7) is -0.144. The highest BCUT2D eigenvalue weighted by Crippen LogP contribution is 2.68. The zero-order valence-electron chi connectivity index (χ0n) is 19.0. The topological polar surface area (TPSA) is 129 Å². The van der Waals surface area contributed by atoms with E-state index in [1.54, 1.807) is 26.0 Å². The van der Waals surface area contributed by atoms with Crippen LogP contribution in [0.25, 0.3) is 0 Å². The maximum absolute atomic E-state index is 13.3. The summed E-state index contributed by atoms with van der Waals surface area (Å²) in [7, 11) is 3.15. The second kappa shape index (κ2) is 8.12. The summed E-state index contributed by atoms with van der Waals surface area (Å²) in [5.74, 6) is -1.61. The maximum Gasteiger partial charge on any atom is 0.305 e. The van der Waals surface area contributed by atoms with Gasteiger partial charge in [-0.05, 0) is 41.9 Å². The van der Waals surface area contributed by atoms with E-state index in [4.69, 9.17) is 9.47 Å². The molecule has 3 heterocycles. The number of thiazole rings is 1. The molecule has 4 aliphatic rings. The van der Waals surface area contributed by atoms with E-state index >= 15 is 0 Å². The van der Waals surface area contributed by atoms with Crippen molar-refractivity contribution < 1.29 is 29.0 Å². The molecular formula is C24H23N2O7S2-. The van der Waals surface area contributed by atoms with E-state index < -0.39 is 17.8 Å². The number of H-pyrrole nitrogens is 1. The van der Waals surface area contributed by atoms with Crippen molar-refractivity contribution >= 4 is 40.9 Å². The fourth-order valence-electron chi connectivity index (χ4n) is 6.92. The van der Waals surface area contributed by atoms with Crippen molar-refractivity contribution in [3.05, 3.63) is 38.3 Å². The van der Waals surface area contributed by atoms with Crippen molar-refractivity contribution in [1.82, 2.24) is 9.88 Å². The third kappa shape index (κ3) is 3.20. The predicted molar refractivity (Wildman–Crippen MR) is 124 cm³/mol. The third-order valence-electron chi connectivity index (χ3n) is 8.12. The molecule has 1 N–H and O–H groups in total. The Morgan fingerprint density at radius 1 is 1.11 bits per heavy atom. The van der Waals surface area contributed by atoms with Crippen LogP contribution in [-0.4, -0.2) is 53.7 Å². The number of aromatic amines is 1. The van der Waals surface area contributed by atoms with Crippen molar-refractivity contribution in [2.24, 2.45) is 29.6 Å². The third-order valence-corrected chi connectivity index (χ3v) is 10.7. The number of carbonyl (C=O) groups excluding carboxylic acids is 3. The molecule has 184 valence electrons. The van der Waals surface area contributed by atoms with Gasteiger partial charge in [0.05, 0.1) is 31.1 Å². The molecule has 7 atom stereocenters. The van der Waals surface area contributed by atoms with Crippen LogP contribution in [0.15, 0.2) is 28.0 Å². The number of carboxylic acids is 1. The number of nitrogens with one attached hydrogen (secondary N) is 1. The van der Waals surface area contributed by atoms with E-state index in [-0.39, 0.29) is 58.6 Å². The number of rotatable bonds is 6. The van der Waals surface area contributed by atoms with Gasteiger partial charge in [-0.25, -0.2) is 0 Å². The minimum atomic E-state index is -1.28. The van der Waals surface area contributed by atoms with Crippen LogP contribution in [0.5, 0.6) is 11.5 Å². The first kappa shape index (κ1) is 22.7. The predicted octanol–water partition coefficient (Wildman–Crippen LogP) is 1.07. The van der Waals surface area contributed by atoms with Gasteiger partial charge in [-0.3, -0.25) is 19.3 Å². The summed E-state index contributed by atoms with van der Waals surface area (Å²) in [5.41, 5.74) is 0.976. The zero-order valence-corrected chi connectivity index (χ0v) is 20.6. The molecule has 2 saturated carbocycles. The lowest BCUT2D eigenvalue weighted by molar-refractivity contribution is -0.305. The van der Waals surface area contributed by atoms with E-state index in [9.17, 15) is 24.3 Å². The van der Waals surface area contributed by atoms with Gasteiger partial charge in [-0.2, -0.15) is 0 Å². The normalized spacial score (nSPS) is 32.4. The second-order valence-corrected chi connectivity index (χ2v) is 11.7. The summed E-state index contributed by atoms with van der Waals surface area (Å²) in [6.07, 6.45) is 0.410. The molecule has 9 nitrogen and oxygen atoms in total. The van der Waals surface area contributed by atoms with E-state index in [1.165, 1.54) is 11.3 Å². The van der Waals surface area contributed by atoms with Gasteiger partial charge in [-0.15, -0.1) is 11.8 Å². The number of ether oxygens (including phenoxy) is 2. The molecule has 1 saturated heterocycles. The Morgan fingerprint density at radius 3 is 2.51 bits per heavy atom. The molecule has 2 aromatic rings. The van der Waals surface area contributed by atoms with Crippen molar-refractivity contribution in [2.75, 3.05) is 20.8 Å². The largest absolute Gasteiger partial charge is 0.550 e. The number of amides is 2. The molecule has 3 fully saturated rings. The van der Waals surface area contributed by atoms with Crippen LogP contribution in [0.3, 0.4) is 0 Å². The minimum absolute atomic E-state index is 0.0106. The lowest BCUT2D eigenvalue weighted by atomic mass is 9.68. The van der Waals surface area contributed by atoms with Gasteiger partial charge in [0.2, 0.25) is 11.8 Å². The molecule has 1 aromatic carbocycles. The standard InChI is InChI=1S/C24H24N2O7S2/c1-32-12-4-3-9(7-13(12)33-2)15-16-10-8-11(19(16)34-21-20(15)35-24(31)25-21)18-17(10)22(29)26(23(18)30)6-5-14(27)28/h3-4,7,10-11,15-19H,5-6,8H2,1-2H3,(H,25,31)(H,27,28)/p-1. The van der Waals surface area contributed by atoms with E-state index in [0.717, 1.165) is 26.8 Å². The number of hydrogen-bond donors (Lipinski definition) is 1. The van der Waals surface area contributed by atoms with Crippen molar-refractivity contribution in [3.63, 3.8) is 0 Å². The SMILES string of the molecule is COc1ccc(C2c3sc(=O)[nH]c3SC3C4CC(C5C(=O)N(CCC(=O)[O-])C(=O)C45)C23)cc1OC. The second-order valence-electron chi connectivity index (χ2n) is 9.52. The summed E-state index contributed by atoms with van der Waals surface area (Å²) in [6, 6.07) is 5.76. The monoisotopic (exact) mass is 515 g/mol. The van der Waals surface area contributed by atoms with Crippen LogP contribution >= 0.6 is 23.1 Å². The molecule has 2 aliphatic carbocycles. The first-order valence-corrected chi connectivity index (χ1v) is 13.2. The highest BCUT2D eigenvalue weighted by molar-refractivity contribution is 8.00. The number of nitrogens with zero attached hydrogens (tertiary/aromatic N) is 1. The van der Waals surface area contributed by atoms with Crippen LogP contribution in [0.2, 0.25) is 0 Å². The summed E-state index contributed by atoms with van der Waals surface area (Å²) >= 11 is 2.80. The molecule has 11 heteroatoms. The Kier molecular flexibility index (Phi) is 5.26. The average molecular weight is 516 g/mol. The van der Waals surface area contributed by atoms with Crippen molar-refractivity contribution in [1.29, 1.82) is 0 Å². The van der Waals surface area contributed by atoms with Crippen LogP contribution in [-0.2, 0) is 14.4 Å². The van der Waals surface area contributed by atoms with E-state index in [0.29, 0.717) is 11.5 Å². The van der Waals surface area contributed by atoms with Gasteiger partial charge in [-0.1, -0.05) is 17.4 Å². The molecule has 2 aliphatic heterocycles. The van der Waals surface area contributed by atoms with Crippen LogP contribution < -0.4 is 19.5 Å². The van der Waals surface area contributed by atoms with E-state index in [2.05, 4.69) is 4.98 Å². The Bertz CT molecular complexity index is 1300.